The molecule has 1 amide bonds. The third-order valence-corrected chi connectivity index (χ3v) is 9.40. The molecule has 5 aromatic rings. The predicted molar refractivity (Wildman–Crippen MR) is 155 cm³/mol. The Hall–Kier alpha value is -3.48. The molecule has 1 saturated heterocycles. The molecule has 2 fully saturated rings. The zero-order valence-electron chi connectivity index (χ0n) is 21.6. The number of nitrogens with zero attached hydrogens (tertiary/aromatic N) is 4. The molecule has 192 valence electrons. The predicted octanol–water partition coefficient (Wildman–Crippen LogP) is 6.72. The van der Waals surface area contributed by atoms with Gasteiger partial charge in [0.1, 0.15) is 5.65 Å². The average Bonchev–Trinajstić information content (AvgIpc) is 3.72. The van der Waals surface area contributed by atoms with Gasteiger partial charge in [0.2, 0.25) is 5.91 Å². The topological polar surface area (TPSA) is 40.9 Å². The summed E-state index contributed by atoms with van der Waals surface area (Å²) in [5, 5.41) is 1.29. The van der Waals surface area contributed by atoms with Gasteiger partial charge in [-0.3, -0.25) is 9.69 Å². The van der Waals surface area contributed by atoms with E-state index in [2.05, 4.69) is 93.2 Å². The molecule has 0 atom stereocenters. The lowest BCUT2D eigenvalue weighted by Crippen LogP contribution is -2.49. The number of aromatic nitrogens is 2. The fourth-order valence-electron chi connectivity index (χ4n) is 6.11. The van der Waals surface area contributed by atoms with Crippen LogP contribution in [-0.4, -0.2) is 51.3 Å². The first-order valence-electron chi connectivity index (χ1n) is 13.8. The van der Waals surface area contributed by atoms with E-state index >= 15 is 0 Å². The number of carbonyl (C=O) groups excluding carboxylic acids is 1. The number of fused-ring (bicyclic) bond motifs is 2. The van der Waals surface area contributed by atoms with Crippen LogP contribution in [0.2, 0.25) is 0 Å². The third-order valence-electron chi connectivity index (χ3n) is 8.24. The van der Waals surface area contributed by atoms with E-state index in [1.165, 1.54) is 39.1 Å². The van der Waals surface area contributed by atoms with Gasteiger partial charge in [0.05, 0.1) is 11.4 Å². The summed E-state index contributed by atoms with van der Waals surface area (Å²) in [4.78, 5) is 23.9. The van der Waals surface area contributed by atoms with E-state index in [-0.39, 0.29) is 5.92 Å². The lowest BCUT2D eigenvalue weighted by atomic mass is 10.1. The highest BCUT2D eigenvalue weighted by Gasteiger charge is 2.30. The molecular weight excluding hydrogens is 488 g/mol. The summed E-state index contributed by atoms with van der Waals surface area (Å²) in [5.74, 6) is 0.646. The number of hydrogen-bond donors (Lipinski definition) is 0. The molecule has 4 heterocycles. The number of amides is 1. The molecule has 1 aliphatic carbocycles. The lowest BCUT2D eigenvalue weighted by Gasteiger charge is -2.36. The van der Waals surface area contributed by atoms with Gasteiger partial charge < -0.3 is 9.30 Å². The van der Waals surface area contributed by atoms with Crippen LogP contribution in [0.1, 0.15) is 31.4 Å². The maximum atomic E-state index is 13.0. The minimum atomic E-state index is 0.261. The third kappa shape index (κ3) is 4.42. The van der Waals surface area contributed by atoms with Gasteiger partial charge in [-0.2, -0.15) is 0 Å². The SMILES string of the molecule is O=C(C1CCCC1)N1CCN(Cc2c(-c3ccccc3)nc3ccc(-c4cc5ccccc5s4)cn23)CC1. The molecular formula is C32H32N4OS. The summed E-state index contributed by atoms with van der Waals surface area (Å²) < 4.78 is 3.60. The van der Waals surface area contributed by atoms with Crippen LogP contribution < -0.4 is 0 Å². The normalized spacial score (nSPS) is 17.1. The molecule has 38 heavy (non-hydrogen) atoms. The van der Waals surface area contributed by atoms with Crippen molar-refractivity contribution in [3.63, 3.8) is 0 Å². The molecule has 0 radical (unpaired) electrons. The molecule has 0 spiro atoms. The van der Waals surface area contributed by atoms with Crippen LogP contribution in [0, 0.1) is 5.92 Å². The van der Waals surface area contributed by atoms with Crippen molar-refractivity contribution in [2.75, 3.05) is 26.2 Å². The quantitative estimate of drug-likeness (QED) is 0.258. The Balaban J connectivity index is 1.20. The van der Waals surface area contributed by atoms with E-state index < -0.39 is 0 Å². The molecule has 2 aromatic carbocycles. The summed E-state index contributed by atoms with van der Waals surface area (Å²) in [5.41, 5.74) is 5.58. The number of piperazine rings is 1. The smallest absolute Gasteiger partial charge is 0.225 e. The fraction of sp³-hybridized carbons (Fsp3) is 0.312. The van der Waals surface area contributed by atoms with Gasteiger partial charge in [0.25, 0.3) is 0 Å². The number of imidazole rings is 1. The van der Waals surface area contributed by atoms with Crippen LogP contribution in [0.5, 0.6) is 0 Å². The summed E-state index contributed by atoms with van der Waals surface area (Å²) >= 11 is 1.84. The van der Waals surface area contributed by atoms with Gasteiger partial charge in [-0.25, -0.2) is 4.98 Å². The second-order valence-electron chi connectivity index (χ2n) is 10.7. The highest BCUT2D eigenvalue weighted by Crippen LogP contribution is 2.35. The summed E-state index contributed by atoms with van der Waals surface area (Å²) in [6.07, 6.45) is 6.81. The van der Waals surface area contributed by atoms with E-state index in [0.29, 0.717) is 5.91 Å². The molecule has 7 rings (SSSR count). The van der Waals surface area contributed by atoms with Crippen LogP contribution in [0.3, 0.4) is 0 Å². The Labute approximate surface area is 227 Å². The highest BCUT2D eigenvalue weighted by molar-refractivity contribution is 7.22. The number of benzene rings is 2. The van der Waals surface area contributed by atoms with E-state index in [4.69, 9.17) is 4.98 Å². The van der Waals surface area contributed by atoms with Crippen LogP contribution in [0.25, 0.3) is 37.4 Å². The average molecular weight is 521 g/mol. The lowest BCUT2D eigenvalue weighted by molar-refractivity contribution is -0.137. The molecule has 2 aliphatic rings. The molecule has 3 aromatic heterocycles. The van der Waals surface area contributed by atoms with Crippen molar-refractivity contribution in [2.45, 2.75) is 32.2 Å². The van der Waals surface area contributed by atoms with Crippen LogP contribution in [0.15, 0.2) is 79.0 Å². The number of pyridine rings is 1. The number of hydrogen-bond acceptors (Lipinski definition) is 4. The van der Waals surface area contributed by atoms with Gasteiger partial charge in [-0.05, 0) is 42.5 Å². The van der Waals surface area contributed by atoms with E-state index in [1.807, 2.05) is 11.3 Å². The van der Waals surface area contributed by atoms with Crippen molar-refractivity contribution in [1.82, 2.24) is 19.2 Å². The van der Waals surface area contributed by atoms with Gasteiger partial charge >= 0.3 is 0 Å². The minimum Gasteiger partial charge on any atom is -0.340 e. The summed E-state index contributed by atoms with van der Waals surface area (Å²) in [6, 6.07) is 25.7. The first kappa shape index (κ1) is 23.6. The Morgan fingerprint density at radius 2 is 1.63 bits per heavy atom. The van der Waals surface area contributed by atoms with Gasteiger partial charge in [-0.1, -0.05) is 61.4 Å². The van der Waals surface area contributed by atoms with Crippen molar-refractivity contribution in [2.24, 2.45) is 5.92 Å². The number of thiophene rings is 1. The largest absolute Gasteiger partial charge is 0.340 e. The second-order valence-corrected chi connectivity index (χ2v) is 11.7. The van der Waals surface area contributed by atoms with Crippen molar-refractivity contribution < 1.29 is 4.79 Å². The molecule has 0 unspecified atom stereocenters. The van der Waals surface area contributed by atoms with Crippen molar-refractivity contribution in [3.05, 3.63) is 84.7 Å². The Morgan fingerprint density at radius 3 is 2.42 bits per heavy atom. The summed E-state index contributed by atoms with van der Waals surface area (Å²) in [7, 11) is 0. The van der Waals surface area contributed by atoms with Crippen LogP contribution >= 0.6 is 11.3 Å². The molecule has 1 saturated carbocycles. The Morgan fingerprint density at radius 1 is 0.868 bits per heavy atom. The second kappa shape index (κ2) is 10.0. The molecule has 1 aliphatic heterocycles. The number of carbonyl (C=O) groups is 1. The van der Waals surface area contributed by atoms with E-state index in [1.54, 1.807) is 0 Å². The molecule has 0 N–H and O–H groups in total. The maximum Gasteiger partial charge on any atom is 0.225 e. The zero-order chi connectivity index (χ0) is 25.5. The first-order valence-corrected chi connectivity index (χ1v) is 14.6. The van der Waals surface area contributed by atoms with Crippen molar-refractivity contribution in [1.29, 1.82) is 0 Å². The molecule has 5 nitrogen and oxygen atoms in total. The van der Waals surface area contributed by atoms with E-state index in [9.17, 15) is 4.79 Å². The van der Waals surface area contributed by atoms with Gasteiger partial charge in [-0.15, -0.1) is 11.3 Å². The van der Waals surface area contributed by atoms with Crippen LogP contribution in [0.4, 0.5) is 0 Å². The maximum absolute atomic E-state index is 13.0. The molecule has 0 bridgehead atoms. The standard InChI is InChI=1S/C32H32N4OS/c37-32(24-10-4-5-11-24)35-18-16-34(17-19-35)22-27-31(23-8-2-1-3-9-23)33-30-15-14-26(21-36(27)30)29-20-25-12-6-7-13-28(25)38-29/h1-3,6-9,12-15,20-21,24H,4-5,10-11,16-19,22H2. The first-order chi connectivity index (χ1) is 18.7. The van der Waals surface area contributed by atoms with Crippen molar-refractivity contribution in [3.8, 4) is 21.7 Å². The Bertz CT molecular complexity index is 1560. The van der Waals surface area contributed by atoms with E-state index in [0.717, 1.165) is 62.5 Å². The fourth-order valence-corrected chi connectivity index (χ4v) is 7.16. The zero-order valence-corrected chi connectivity index (χ0v) is 22.4. The van der Waals surface area contributed by atoms with Gasteiger partial charge in [0.15, 0.2) is 0 Å². The van der Waals surface area contributed by atoms with Crippen LogP contribution in [-0.2, 0) is 11.3 Å². The van der Waals surface area contributed by atoms with Gasteiger partial charge in [0, 0.05) is 65.5 Å². The Kier molecular flexibility index (Phi) is 6.22. The molecule has 6 heteroatoms. The monoisotopic (exact) mass is 520 g/mol. The highest BCUT2D eigenvalue weighted by atomic mass is 32.1. The minimum absolute atomic E-state index is 0.261. The summed E-state index contributed by atoms with van der Waals surface area (Å²) in [6.45, 7) is 4.25. The van der Waals surface area contributed by atoms with Crippen molar-refractivity contribution >= 4 is 33.0 Å². The number of rotatable bonds is 5.